The molecule has 0 radical (unpaired) electrons. The Labute approximate surface area is 113 Å². The molecule has 112 valence electrons. The van der Waals surface area contributed by atoms with Crippen molar-refractivity contribution in [1.29, 1.82) is 0 Å². The molecule has 0 aromatic heterocycles. The number of nitrogens with zero attached hydrogens (tertiary/aromatic N) is 1. The van der Waals surface area contributed by atoms with Crippen LogP contribution in [0, 0.1) is 0 Å². The number of hydrogen-bond acceptors (Lipinski definition) is 3. The molecule has 6 heteroatoms. The lowest BCUT2D eigenvalue weighted by atomic mass is 10.0. The molecule has 1 aliphatic heterocycles. The maximum absolute atomic E-state index is 12.4. The summed E-state index contributed by atoms with van der Waals surface area (Å²) < 4.78 is 30.1. The number of ether oxygens (including phenoxy) is 1. The van der Waals surface area contributed by atoms with E-state index in [9.17, 15) is 13.6 Å². The van der Waals surface area contributed by atoms with E-state index in [1.165, 1.54) is 6.92 Å². The lowest BCUT2D eigenvalue weighted by molar-refractivity contribution is 0.0183. The van der Waals surface area contributed by atoms with Gasteiger partial charge < -0.3 is 15.0 Å². The summed E-state index contributed by atoms with van der Waals surface area (Å²) in [5.41, 5.74) is -0.504. The molecule has 1 saturated heterocycles. The third-order valence-corrected chi connectivity index (χ3v) is 3.02. The quantitative estimate of drug-likeness (QED) is 0.863. The van der Waals surface area contributed by atoms with E-state index in [0.29, 0.717) is 25.9 Å². The molecule has 1 rings (SSSR count). The summed E-state index contributed by atoms with van der Waals surface area (Å²) >= 11 is 0. The minimum Gasteiger partial charge on any atom is -0.444 e. The van der Waals surface area contributed by atoms with E-state index in [1.54, 1.807) is 4.90 Å². The standard InChI is InChI=1S/C13H24F2N2O2/c1-9(11(14)15)16-10-5-7-17(8-6-10)12(18)19-13(2,3)4/h9-11,16H,5-8H2,1-4H3. The predicted molar refractivity (Wildman–Crippen MR) is 69.4 cm³/mol. The first-order valence-electron chi connectivity index (χ1n) is 6.71. The van der Waals surface area contributed by atoms with Gasteiger partial charge in [0.15, 0.2) is 0 Å². The van der Waals surface area contributed by atoms with Gasteiger partial charge in [-0.2, -0.15) is 0 Å². The zero-order valence-corrected chi connectivity index (χ0v) is 12.1. The number of alkyl halides is 2. The highest BCUT2D eigenvalue weighted by Crippen LogP contribution is 2.16. The van der Waals surface area contributed by atoms with Gasteiger partial charge in [-0.3, -0.25) is 0 Å². The van der Waals surface area contributed by atoms with Crippen molar-refractivity contribution in [1.82, 2.24) is 10.2 Å². The van der Waals surface area contributed by atoms with E-state index in [0.717, 1.165) is 0 Å². The summed E-state index contributed by atoms with van der Waals surface area (Å²) in [4.78, 5) is 13.4. The fourth-order valence-corrected chi connectivity index (χ4v) is 2.00. The van der Waals surface area contributed by atoms with Crippen LogP contribution >= 0.6 is 0 Å². The normalized spacial score (nSPS) is 19.6. The van der Waals surface area contributed by atoms with Gasteiger partial charge in [-0.05, 0) is 40.5 Å². The number of carbonyl (C=O) groups excluding carboxylic acids is 1. The molecule has 4 nitrogen and oxygen atoms in total. The molecule has 1 N–H and O–H groups in total. The highest BCUT2D eigenvalue weighted by atomic mass is 19.3. The van der Waals surface area contributed by atoms with E-state index in [1.807, 2.05) is 20.8 Å². The fourth-order valence-electron chi connectivity index (χ4n) is 2.00. The van der Waals surface area contributed by atoms with E-state index in [-0.39, 0.29) is 12.1 Å². The maximum Gasteiger partial charge on any atom is 0.410 e. The Bertz CT molecular complexity index is 298. The summed E-state index contributed by atoms with van der Waals surface area (Å²) in [6, 6.07) is -0.763. The summed E-state index contributed by atoms with van der Waals surface area (Å²) in [5, 5.41) is 2.90. The first kappa shape index (κ1) is 16.1. The van der Waals surface area contributed by atoms with Crippen molar-refractivity contribution in [3.63, 3.8) is 0 Å². The smallest absolute Gasteiger partial charge is 0.410 e. The minimum atomic E-state index is -2.36. The Morgan fingerprint density at radius 1 is 1.32 bits per heavy atom. The molecule has 0 aromatic rings. The van der Waals surface area contributed by atoms with Gasteiger partial charge in [0.05, 0.1) is 6.04 Å². The van der Waals surface area contributed by atoms with Gasteiger partial charge in [-0.1, -0.05) is 0 Å². The Morgan fingerprint density at radius 3 is 2.26 bits per heavy atom. The highest BCUT2D eigenvalue weighted by Gasteiger charge is 2.28. The largest absolute Gasteiger partial charge is 0.444 e. The van der Waals surface area contributed by atoms with E-state index in [2.05, 4.69) is 5.32 Å². The van der Waals surface area contributed by atoms with Crippen LogP contribution in [0.1, 0.15) is 40.5 Å². The van der Waals surface area contributed by atoms with Gasteiger partial charge in [0.1, 0.15) is 5.60 Å². The van der Waals surface area contributed by atoms with Crippen LogP contribution in [0.4, 0.5) is 13.6 Å². The van der Waals surface area contributed by atoms with Gasteiger partial charge >= 0.3 is 6.09 Å². The van der Waals surface area contributed by atoms with Crippen molar-refractivity contribution in [2.24, 2.45) is 0 Å². The Kier molecular flexibility index (Phi) is 5.52. The molecule has 0 bridgehead atoms. The molecule has 1 heterocycles. The topological polar surface area (TPSA) is 41.6 Å². The number of likely N-dealkylation sites (tertiary alicyclic amines) is 1. The average molecular weight is 278 g/mol. The van der Waals surface area contributed by atoms with Crippen LogP contribution in [0.25, 0.3) is 0 Å². The number of nitrogens with one attached hydrogen (secondary N) is 1. The first-order chi connectivity index (χ1) is 8.69. The highest BCUT2D eigenvalue weighted by molar-refractivity contribution is 5.68. The molecule has 0 spiro atoms. The van der Waals surface area contributed by atoms with Crippen LogP contribution in [-0.2, 0) is 4.74 Å². The summed E-state index contributed by atoms with van der Waals surface area (Å²) in [7, 11) is 0. The van der Waals surface area contributed by atoms with Crippen LogP contribution in [0.5, 0.6) is 0 Å². The molecule has 1 aliphatic rings. The van der Waals surface area contributed by atoms with Crippen LogP contribution in [-0.4, -0.2) is 48.2 Å². The SMILES string of the molecule is CC(NC1CCN(C(=O)OC(C)(C)C)CC1)C(F)F. The molecule has 0 saturated carbocycles. The van der Waals surface area contributed by atoms with Crippen molar-refractivity contribution < 1.29 is 18.3 Å². The molecule has 1 unspecified atom stereocenters. The van der Waals surface area contributed by atoms with Crippen molar-refractivity contribution in [2.45, 2.75) is 64.6 Å². The third-order valence-electron chi connectivity index (χ3n) is 3.02. The van der Waals surface area contributed by atoms with Gasteiger partial charge in [0, 0.05) is 19.1 Å². The van der Waals surface area contributed by atoms with Crippen molar-refractivity contribution in [2.75, 3.05) is 13.1 Å². The third kappa shape index (κ3) is 5.72. The first-order valence-corrected chi connectivity index (χ1v) is 6.71. The Balaban J connectivity index is 2.35. The fraction of sp³-hybridized carbons (Fsp3) is 0.923. The number of carbonyl (C=O) groups is 1. The lowest BCUT2D eigenvalue weighted by Gasteiger charge is -2.34. The molecule has 1 atom stereocenters. The van der Waals surface area contributed by atoms with Crippen LogP contribution < -0.4 is 5.32 Å². The second-order valence-corrected chi connectivity index (χ2v) is 6.03. The zero-order chi connectivity index (χ0) is 14.6. The Hall–Kier alpha value is -0.910. The van der Waals surface area contributed by atoms with Gasteiger partial charge in [-0.25, -0.2) is 13.6 Å². The molecule has 0 aromatic carbocycles. The number of hydrogen-bond donors (Lipinski definition) is 1. The van der Waals surface area contributed by atoms with Gasteiger partial charge in [-0.15, -0.1) is 0 Å². The zero-order valence-electron chi connectivity index (χ0n) is 12.1. The molecule has 0 aliphatic carbocycles. The maximum atomic E-state index is 12.4. The van der Waals surface area contributed by atoms with Gasteiger partial charge in [0.25, 0.3) is 6.43 Å². The lowest BCUT2D eigenvalue weighted by Crippen LogP contribution is -2.49. The minimum absolute atomic E-state index is 0.0442. The number of piperidine rings is 1. The number of rotatable bonds is 3. The monoisotopic (exact) mass is 278 g/mol. The Morgan fingerprint density at radius 2 is 1.84 bits per heavy atom. The molecule has 1 fully saturated rings. The van der Waals surface area contributed by atoms with Crippen LogP contribution in [0.15, 0.2) is 0 Å². The molecule has 1 amide bonds. The number of halogens is 2. The van der Waals surface area contributed by atoms with Crippen molar-refractivity contribution in [3.05, 3.63) is 0 Å². The molecule has 19 heavy (non-hydrogen) atoms. The van der Waals surface area contributed by atoms with Crippen molar-refractivity contribution >= 4 is 6.09 Å². The second kappa shape index (κ2) is 6.50. The van der Waals surface area contributed by atoms with Crippen LogP contribution in [0.3, 0.4) is 0 Å². The summed E-state index contributed by atoms with van der Waals surface area (Å²) in [6.45, 7) is 8.03. The van der Waals surface area contributed by atoms with E-state index in [4.69, 9.17) is 4.74 Å². The van der Waals surface area contributed by atoms with Crippen LogP contribution in [0.2, 0.25) is 0 Å². The second-order valence-electron chi connectivity index (χ2n) is 6.03. The van der Waals surface area contributed by atoms with Gasteiger partial charge in [0.2, 0.25) is 0 Å². The summed E-state index contributed by atoms with van der Waals surface area (Å²) in [6.07, 6.45) is -1.33. The average Bonchev–Trinajstić information content (AvgIpc) is 2.27. The number of amides is 1. The van der Waals surface area contributed by atoms with Crippen molar-refractivity contribution in [3.8, 4) is 0 Å². The van der Waals surface area contributed by atoms with E-state index >= 15 is 0 Å². The predicted octanol–water partition coefficient (Wildman–Crippen LogP) is 2.63. The van der Waals surface area contributed by atoms with E-state index < -0.39 is 18.1 Å². The molecular weight excluding hydrogens is 254 g/mol. The molecular formula is C13H24F2N2O2. The summed E-state index contributed by atoms with van der Waals surface area (Å²) in [5.74, 6) is 0.